The van der Waals surface area contributed by atoms with Crippen LogP contribution in [0.5, 0.6) is 0 Å². The van der Waals surface area contributed by atoms with Crippen molar-refractivity contribution in [2.75, 3.05) is 0 Å². The first-order chi connectivity index (χ1) is 9.54. The summed E-state index contributed by atoms with van der Waals surface area (Å²) in [5, 5.41) is 15.3. The molecule has 3 aromatic rings. The minimum Gasteiger partial charge on any atom is -0.480 e. The van der Waals surface area contributed by atoms with Crippen molar-refractivity contribution in [3.05, 3.63) is 33.7 Å². The van der Waals surface area contributed by atoms with Gasteiger partial charge in [-0.3, -0.25) is 9.20 Å². The second kappa shape index (κ2) is 4.45. The Labute approximate surface area is 117 Å². The summed E-state index contributed by atoms with van der Waals surface area (Å²) in [5.74, 6) is -0.438. The Balaban J connectivity index is 2.39. The normalized spacial score (nSPS) is 13.1. The van der Waals surface area contributed by atoms with Crippen molar-refractivity contribution in [1.29, 1.82) is 0 Å². The van der Waals surface area contributed by atoms with Crippen LogP contribution >= 0.6 is 11.3 Å². The van der Waals surface area contributed by atoms with Gasteiger partial charge in [-0.05, 0) is 30.9 Å². The summed E-state index contributed by atoms with van der Waals surface area (Å²) in [5.41, 5.74) is 1.04. The van der Waals surface area contributed by atoms with Crippen LogP contribution in [0.25, 0.3) is 15.7 Å². The van der Waals surface area contributed by atoms with Gasteiger partial charge in [0.25, 0.3) is 5.56 Å². The molecule has 0 spiro atoms. The molecule has 1 atom stereocenters. The fraction of sp³-hybridized carbons (Fsp3) is 0.308. The standard InChI is InChI=1S/C13H13N3O3S/c1-3-8(13(18)19)16-12(17)10-6-11-9(4-5-20-11)15(10)7(2)14-16/h4-6,8H,3H2,1-2H3,(H,18,19)/t8-/m1/s1. The number of fused-ring (bicyclic) bond motifs is 3. The van der Waals surface area contributed by atoms with Crippen molar-refractivity contribution >= 4 is 33.0 Å². The Morgan fingerprint density at radius 2 is 2.25 bits per heavy atom. The van der Waals surface area contributed by atoms with E-state index in [0.717, 1.165) is 14.9 Å². The van der Waals surface area contributed by atoms with Gasteiger partial charge in [-0.1, -0.05) is 6.92 Å². The molecule has 0 saturated carbocycles. The predicted molar refractivity (Wildman–Crippen MR) is 76.5 cm³/mol. The van der Waals surface area contributed by atoms with Crippen LogP contribution in [0.1, 0.15) is 25.2 Å². The molecule has 0 saturated heterocycles. The van der Waals surface area contributed by atoms with Gasteiger partial charge in [-0.25, -0.2) is 9.48 Å². The number of aryl methyl sites for hydroxylation is 1. The highest BCUT2D eigenvalue weighted by molar-refractivity contribution is 7.17. The summed E-state index contributed by atoms with van der Waals surface area (Å²) in [4.78, 5) is 23.7. The summed E-state index contributed by atoms with van der Waals surface area (Å²) in [6.07, 6.45) is 0.312. The zero-order valence-electron chi connectivity index (χ0n) is 11.0. The Kier molecular flexibility index (Phi) is 2.86. The van der Waals surface area contributed by atoms with E-state index in [9.17, 15) is 14.7 Å². The number of aliphatic carboxylic acids is 1. The molecule has 0 bridgehead atoms. The van der Waals surface area contributed by atoms with Crippen LogP contribution in [-0.2, 0) is 4.79 Å². The molecule has 0 aliphatic heterocycles. The van der Waals surface area contributed by atoms with Gasteiger partial charge in [0, 0.05) is 0 Å². The maximum atomic E-state index is 12.5. The fourth-order valence-corrected chi connectivity index (χ4v) is 3.26. The summed E-state index contributed by atoms with van der Waals surface area (Å²) in [7, 11) is 0. The van der Waals surface area contributed by atoms with Crippen LogP contribution in [0.3, 0.4) is 0 Å². The third-order valence-electron chi connectivity index (χ3n) is 3.39. The first-order valence-electron chi connectivity index (χ1n) is 6.25. The van der Waals surface area contributed by atoms with Crippen molar-refractivity contribution in [3.8, 4) is 0 Å². The van der Waals surface area contributed by atoms with Crippen molar-refractivity contribution in [2.45, 2.75) is 26.3 Å². The van der Waals surface area contributed by atoms with E-state index in [0.29, 0.717) is 17.8 Å². The number of hydrogen-bond donors (Lipinski definition) is 1. The molecule has 20 heavy (non-hydrogen) atoms. The number of carboxylic acid groups (broad SMARTS) is 1. The zero-order chi connectivity index (χ0) is 14.4. The molecule has 1 N–H and O–H groups in total. The molecule has 0 aliphatic rings. The molecule has 0 radical (unpaired) electrons. The molecule has 0 aliphatic carbocycles. The maximum Gasteiger partial charge on any atom is 0.328 e. The monoisotopic (exact) mass is 291 g/mol. The molecule has 0 aromatic carbocycles. The quantitative estimate of drug-likeness (QED) is 0.801. The molecule has 0 fully saturated rings. The number of nitrogens with zero attached hydrogens (tertiary/aromatic N) is 3. The van der Waals surface area contributed by atoms with Crippen molar-refractivity contribution in [1.82, 2.24) is 14.2 Å². The highest BCUT2D eigenvalue weighted by atomic mass is 32.1. The minimum absolute atomic E-state index is 0.312. The predicted octanol–water partition coefficient (Wildman–Crippen LogP) is 2.05. The van der Waals surface area contributed by atoms with Gasteiger partial charge in [-0.2, -0.15) is 5.10 Å². The SMILES string of the molecule is CC[C@H](C(=O)O)n1nc(C)n2c(cc3sccc32)c1=O. The first-order valence-corrected chi connectivity index (χ1v) is 7.13. The van der Waals surface area contributed by atoms with Crippen LogP contribution in [0.15, 0.2) is 22.3 Å². The van der Waals surface area contributed by atoms with Crippen LogP contribution in [0.2, 0.25) is 0 Å². The van der Waals surface area contributed by atoms with E-state index >= 15 is 0 Å². The highest BCUT2D eigenvalue weighted by Crippen LogP contribution is 2.24. The molecule has 3 heterocycles. The van der Waals surface area contributed by atoms with Crippen LogP contribution in [-0.4, -0.2) is 25.3 Å². The van der Waals surface area contributed by atoms with E-state index in [1.165, 1.54) is 0 Å². The second-order valence-corrected chi connectivity index (χ2v) is 5.54. The molecule has 0 unspecified atom stereocenters. The summed E-state index contributed by atoms with van der Waals surface area (Å²) < 4.78 is 3.85. The van der Waals surface area contributed by atoms with Crippen LogP contribution in [0, 0.1) is 6.92 Å². The van der Waals surface area contributed by atoms with Gasteiger partial charge in [0.2, 0.25) is 0 Å². The van der Waals surface area contributed by atoms with E-state index in [1.807, 2.05) is 11.4 Å². The number of rotatable bonds is 3. The van der Waals surface area contributed by atoms with Gasteiger partial charge in [0.1, 0.15) is 11.3 Å². The van der Waals surface area contributed by atoms with Crippen LogP contribution in [0.4, 0.5) is 0 Å². The van der Waals surface area contributed by atoms with E-state index < -0.39 is 12.0 Å². The summed E-state index contributed by atoms with van der Waals surface area (Å²) >= 11 is 1.54. The number of aromatic nitrogens is 3. The van der Waals surface area contributed by atoms with Crippen molar-refractivity contribution < 1.29 is 9.90 Å². The van der Waals surface area contributed by atoms with E-state index in [4.69, 9.17) is 0 Å². The highest BCUT2D eigenvalue weighted by Gasteiger charge is 2.22. The molecule has 7 heteroatoms. The molecular weight excluding hydrogens is 278 g/mol. The average molecular weight is 291 g/mol. The van der Waals surface area contributed by atoms with E-state index in [2.05, 4.69) is 5.10 Å². The topological polar surface area (TPSA) is 76.6 Å². The molecule has 6 nitrogen and oxygen atoms in total. The maximum absolute atomic E-state index is 12.5. The molecular formula is C13H13N3O3S. The molecule has 3 rings (SSSR count). The zero-order valence-corrected chi connectivity index (χ0v) is 11.8. The molecule has 3 aromatic heterocycles. The van der Waals surface area contributed by atoms with E-state index in [1.54, 1.807) is 35.7 Å². The fourth-order valence-electron chi connectivity index (χ4n) is 2.46. The Morgan fingerprint density at radius 1 is 1.50 bits per heavy atom. The molecule has 104 valence electrons. The number of thiophene rings is 1. The van der Waals surface area contributed by atoms with Gasteiger partial charge >= 0.3 is 5.97 Å². The van der Waals surface area contributed by atoms with E-state index in [-0.39, 0.29) is 5.56 Å². The summed E-state index contributed by atoms with van der Waals surface area (Å²) in [6.45, 7) is 3.50. The van der Waals surface area contributed by atoms with Crippen molar-refractivity contribution in [3.63, 3.8) is 0 Å². The van der Waals surface area contributed by atoms with Gasteiger partial charge in [-0.15, -0.1) is 11.3 Å². The van der Waals surface area contributed by atoms with Gasteiger partial charge in [0.05, 0.1) is 10.2 Å². The second-order valence-electron chi connectivity index (χ2n) is 4.59. The van der Waals surface area contributed by atoms with Gasteiger partial charge < -0.3 is 5.11 Å². The number of hydrogen-bond acceptors (Lipinski definition) is 4. The summed E-state index contributed by atoms with van der Waals surface area (Å²) in [6, 6.07) is 2.79. The largest absolute Gasteiger partial charge is 0.480 e. The number of carboxylic acids is 1. The van der Waals surface area contributed by atoms with Crippen molar-refractivity contribution in [2.24, 2.45) is 0 Å². The smallest absolute Gasteiger partial charge is 0.328 e. The Morgan fingerprint density at radius 3 is 2.90 bits per heavy atom. The third kappa shape index (κ3) is 1.66. The molecule has 0 amide bonds. The Hall–Kier alpha value is -2.15. The lowest BCUT2D eigenvalue weighted by molar-refractivity contribution is -0.141. The third-order valence-corrected chi connectivity index (χ3v) is 4.25. The minimum atomic E-state index is -1.04. The van der Waals surface area contributed by atoms with Crippen LogP contribution < -0.4 is 5.56 Å². The lowest BCUT2D eigenvalue weighted by atomic mass is 10.2. The Bertz CT molecular complexity index is 874. The van der Waals surface area contributed by atoms with Gasteiger partial charge in [0.15, 0.2) is 6.04 Å². The lowest BCUT2D eigenvalue weighted by Gasteiger charge is -2.14. The average Bonchev–Trinajstić information content (AvgIpc) is 2.95. The number of carbonyl (C=O) groups is 1. The first kappa shape index (κ1) is 12.9. The lowest BCUT2D eigenvalue weighted by Crippen LogP contribution is -2.33.